The van der Waals surface area contributed by atoms with Crippen LogP contribution in [0.2, 0.25) is 0 Å². The molecule has 1 aliphatic rings. The summed E-state index contributed by atoms with van der Waals surface area (Å²) in [6.45, 7) is 3.91. The van der Waals surface area contributed by atoms with Gasteiger partial charge in [-0.1, -0.05) is 12.1 Å². The number of benzene rings is 1. The van der Waals surface area contributed by atoms with Crippen molar-refractivity contribution in [2.24, 2.45) is 0 Å². The van der Waals surface area contributed by atoms with Crippen LogP contribution in [0.25, 0.3) is 0 Å². The van der Waals surface area contributed by atoms with Crippen molar-refractivity contribution in [2.75, 3.05) is 26.2 Å². The van der Waals surface area contributed by atoms with Crippen LogP contribution in [0.15, 0.2) is 24.3 Å². The Labute approximate surface area is 122 Å². The quantitative estimate of drug-likeness (QED) is 0.652. The molecule has 4 heteroatoms. The van der Waals surface area contributed by atoms with Crippen LogP contribution in [0.1, 0.15) is 29.6 Å². The monoisotopic (exact) mass is 360 g/mol. The number of piperidine rings is 1. The van der Waals surface area contributed by atoms with Gasteiger partial charge in [0.1, 0.15) is 13.2 Å². The lowest BCUT2D eigenvalue weighted by molar-refractivity contribution is -0.905. The van der Waals surface area contributed by atoms with Gasteiger partial charge in [0.2, 0.25) is 0 Å². The maximum absolute atomic E-state index is 11.9. The van der Waals surface area contributed by atoms with E-state index < -0.39 is 0 Å². The van der Waals surface area contributed by atoms with Gasteiger partial charge in [-0.2, -0.15) is 0 Å². The highest BCUT2D eigenvalue weighted by molar-refractivity contribution is 14.1. The van der Waals surface area contributed by atoms with E-state index in [0.29, 0.717) is 12.2 Å². The highest BCUT2D eigenvalue weighted by Crippen LogP contribution is 2.12. The Kier molecular flexibility index (Phi) is 5.44. The summed E-state index contributed by atoms with van der Waals surface area (Å²) in [6, 6.07) is 7.54. The Morgan fingerprint density at radius 1 is 1.22 bits per heavy atom. The fraction of sp³-hybridized carbons (Fsp3) is 0.500. The molecule has 1 aromatic carbocycles. The molecule has 2 rings (SSSR count). The van der Waals surface area contributed by atoms with E-state index >= 15 is 0 Å². The third-order valence-corrected chi connectivity index (χ3v) is 4.28. The lowest BCUT2D eigenvalue weighted by atomic mass is 10.1. The van der Waals surface area contributed by atoms with Crippen molar-refractivity contribution < 1.29 is 14.4 Å². The lowest BCUT2D eigenvalue weighted by Crippen LogP contribution is -3.13. The lowest BCUT2D eigenvalue weighted by Gasteiger charge is -2.23. The van der Waals surface area contributed by atoms with Crippen molar-refractivity contribution >= 4 is 28.6 Å². The number of halogens is 1. The summed E-state index contributed by atoms with van der Waals surface area (Å²) in [7, 11) is 0. The van der Waals surface area contributed by atoms with E-state index in [2.05, 4.69) is 22.6 Å². The van der Waals surface area contributed by atoms with E-state index in [9.17, 15) is 4.79 Å². The smallest absolute Gasteiger partial charge is 0.339 e. The predicted octanol–water partition coefficient (Wildman–Crippen LogP) is 1.52. The van der Waals surface area contributed by atoms with E-state index in [4.69, 9.17) is 4.74 Å². The minimum Gasteiger partial charge on any atom is -0.456 e. The molecule has 1 N–H and O–H groups in total. The van der Waals surface area contributed by atoms with Crippen molar-refractivity contribution in [1.82, 2.24) is 0 Å². The van der Waals surface area contributed by atoms with Crippen LogP contribution in [0.3, 0.4) is 0 Å². The molecule has 1 aromatic rings. The van der Waals surface area contributed by atoms with Crippen LogP contribution in [-0.2, 0) is 4.74 Å². The number of rotatable bonds is 4. The van der Waals surface area contributed by atoms with Crippen molar-refractivity contribution in [3.05, 3.63) is 33.4 Å². The molecule has 0 aromatic heterocycles. The van der Waals surface area contributed by atoms with Gasteiger partial charge in [0.25, 0.3) is 0 Å². The summed E-state index contributed by atoms with van der Waals surface area (Å²) in [5, 5.41) is 0. The van der Waals surface area contributed by atoms with E-state index in [-0.39, 0.29) is 5.97 Å². The van der Waals surface area contributed by atoms with Crippen molar-refractivity contribution in [1.29, 1.82) is 0 Å². The van der Waals surface area contributed by atoms with Gasteiger partial charge in [-0.05, 0) is 54.0 Å². The summed E-state index contributed by atoms with van der Waals surface area (Å²) in [5.74, 6) is -0.198. The Bertz CT molecular complexity index is 403. The van der Waals surface area contributed by atoms with Gasteiger partial charge < -0.3 is 9.64 Å². The number of quaternary nitrogens is 1. The van der Waals surface area contributed by atoms with Gasteiger partial charge in [-0.25, -0.2) is 4.79 Å². The second-order valence-corrected chi connectivity index (χ2v) is 5.84. The third-order valence-electron chi connectivity index (χ3n) is 3.34. The fourth-order valence-electron chi connectivity index (χ4n) is 2.29. The Morgan fingerprint density at radius 2 is 1.94 bits per heavy atom. The van der Waals surface area contributed by atoms with E-state index in [1.807, 2.05) is 24.3 Å². The fourth-order valence-corrected chi connectivity index (χ4v) is 2.90. The Morgan fingerprint density at radius 3 is 2.67 bits per heavy atom. The minimum absolute atomic E-state index is 0.198. The molecular weight excluding hydrogens is 341 g/mol. The van der Waals surface area contributed by atoms with Crippen molar-refractivity contribution in [3.8, 4) is 0 Å². The van der Waals surface area contributed by atoms with Crippen LogP contribution in [0.4, 0.5) is 0 Å². The first-order valence-corrected chi connectivity index (χ1v) is 7.60. The topological polar surface area (TPSA) is 30.7 Å². The van der Waals surface area contributed by atoms with Crippen molar-refractivity contribution in [3.63, 3.8) is 0 Å². The van der Waals surface area contributed by atoms with Gasteiger partial charge in [-0.3, -0.25) is 0 Å². The summed E-state index contributed by atoms with van der Waals surface area (Å²) < 4.78 is 6.30. The molecule has 0 unspecified atom stereocenters. The third kappa shape index (κ3) is 3.95. The number of hydrogen-bond acceptors (Lipinski definition) is 2. The van der Waals surface area contributed by atoms with E-state index in [1.165, 1.54) is 32.4 Å². The first-order chi connectivity index (χ1) is 8.77. The number of hydrogen-bond donors (Lipinski definition) is 1. The molecular formula is C14H19INO2+. The normalized spacial score (nSPS) is 16.5. The van der Waals surface area contributed by atoms with Crippen LogP contribution in [0.5, 0.6) is 0 Å². The van der Waals surface area contributed by atoms with Crippen molar-refractivity contribution in [2.45, 2.75) is 19.3 Å². The molecule has 1 aliphatic heterocycles. The summed E-state index contributed by atoms with van der Waals surface area (Å²) in [5.41, 5.74) is 0.673. The second-order valence-electron chi connectivity index (χ2n) is 4.68. The van der Waals surface area contributed by atoms with Crippen LogP contribution in [0, 0.1) is 3.57 Å². The zero-order chi connectivity index (χ0) is 12.8. The van der Waals surface area contributed by atoms with Crippen LogP contribution < -0.4 is 4.90 Å². The molecule has 3 nitrogen and oxygen atoms in total. The van der Waals surface area contributed by atoms with E-state index in [0.717, 1.165) is 10.1 Å². The maximum atomic E-state index is 11.9. The molecule has 0 atom stereocenters. The maximum Gasteiger partial charge on any atom is 0.339 e. The van der Waals surface area contributed by atoms with Gasteiger partial charge >= 0.3 is 5.97 Å². The molecule has 0 bridgehead atoms. The molecule has 0 spiro atoms. The molecule has 0 saturated carbocycles. The van der Waals surface area contributed by atoms with Gasteiger partial charge in [0.05, 0.1) is 18.7 Å². The average molecular weight is 360 g/mol. The predicted molar refractivity (Wildman–Crippen MR) is 78.9 cm³/mol. The summed E-state index contributed by atoms with van der Waals surface area (Å²) in [4.78, 5) is 13.4. The van der Waals surface area contributed by atoms with Crippen LogP contribution in [-0.4, -0.2) is 32.2 Å². The SMILES string of the molecule is O=C(OCC[NH+]1CCCCC1)c1ccccc1I. The van der Waals surface area contributed by atoms with Crippen LogP contribution >= 0.6 is 22.6 Å². The molecule has 0 amide bonds. The summed E-state index contributed by atoms with van der Waals surface area (Å²) in [6.07, 6.45) is 3.96. The second kappa shape index (κ2) is 7.09. The number of carbonyl (C=O) groups is 1. The first kappa shape index (κ1) is 13.8. The number of esters is 1. The number of likely N-dealkylation sites (tertiary alicyclic amines) is 1. The molecule has 1 heterocycles. The highest BCUT2D eigenvalue weighted by Gasteiger charge is 2.15. The zero-order valence-electron chi connectivity index (χ0n) is 10.5. The largest absolute Gasteiger partial charge is 0.456 e. The number of ether oxygens (including phenoxy) is 1. The standard InChI is InChI=1S/C14H18INO2/c15-13-7-3-2-6-12(13)14(17)18-11-10-16-8-4-1-5-9-16/h2-3,6-7H,1,4-5,8-11H2/p+1. The van der Waals surface area contributed by atoms with Gasteiger partial charge in [0.15, 0.2) is 0 Å². The molecule has 0 aliphatic carbocycles. The summed E-state index contributed by atoms with van der Waals surface area (Å²) >= 11 is 2.16. The molecule has 98 valence electrons. The number of carbonyl (C=O) groups excluding carboxylic acids is 1. The Hall–Kier alpha value is -0.620. The van der Waals surface area contributed by atoms with Gasteiger partial charge in [0, 0.05) is 3.57 Å². The molecule has 18 heavy (non-hydrogen) atoms. The van der Waals surface area contributed by atoms with E-state index in [1.54, 1.807) is 4.90 Å². The molecule has 0 radical (unpaired) electrons. The Balaban J connectivity index is 1.76. The highest BCUT2D eigenvalue weighted by atomic mass is 127. The van der Waals surface area contributed by atoms with Gasteiger partial charge in [-0.15, -0.1) is 0 Å². The molecule has 1 fully saturated rings. The number of nitrogens with one attached hydrogen (secondary N) is 1. The average Bonchev–Trinajstić information content (AvgIpc) is 2.40. The minimum atomic E-state index is -0.198. The molecule has 1 saturated heterocycles. The zero-order valence-corrected chi connectivity index (χ0v) is 12.6. The first-order valence-electron chi connectivity index (χ1n) is 6.52.